The van der Waals surface area contributed by atoms with Crippen molar-refractivity contribution in [2.24, 2.45) is 0 Å². The quantitative estimate of drug-likeness (QED) is 0.794. The summed E-state index contributed by atoms with van der Waals surface area (Å²) in [5.74, 6) is 0.369. The number of hydrogen-bond acceptors (Lipinski definition) is 4. The van der Waals surface area contributed by atoms with E-state index >= 15 is 0 Å². The summed E-state index contributed by atoms with van der Waals surface area (Å²) in [4.78, 5) is 26.5. The molecule has 1 saturated heterocycles. The molecule has 2 N–H and O–H groups in total. The molecule has 2 aromatic rings. The molecule has 3 rings (SSSR count). The minimum absolute atomic E-state index is 0.0356. The van der Waals surface area contributed by atoms with Gasteiger partial charge in [-0.2, -0.15) is 0 Å². The molecule has 0 saturated carbocycles. The van der Waals surface area contributed by atoms with Crippen molar-refractivity contribution >= 4 is 34.8 Å². The van der Waals surface area contributed by atoms with Crippen molar-refractivity contribution in [1.29, 1.82) is 0 Å². The molecule has 0 radical (unpaired) electrons. The van der Waals surface area contributed by atoms with Crippen LogP contribution in [0.1, 0.15) is 23.2 Å². The Morgan fingerprint density at radius 3 is 2.59 bits per heavy atom. The second kappa shape index (κ2) is 8.77. The molecule has 27 heavy (non-hydrogen) atoms. The van der Waals surface area contributed by atoms with E-state index < -0.39 is 0 Å². The highest BCUT2D eigenvalue weighted by Crippen LogP contribution is 2.27. The number of nitrogens with one attached hydrogen (secondary N) is 2. The van der Waals surface area contributed by atoms with Gasteiger partial charge in [-0.3, -0.25) is 9.59 Å². The summed E-state index contributed by atoms with van der Waals surface area (Å²) in [6, 6.07) is 12.3. The first-order valence-corrected chi connectivity index (χ1v) is 9.21. The molecule has 0 aromatic heterocycles. The van der Waals surface area contributed by atoms with Crippen LogP contribution in [0.5, 0.6) is 5.75 Å². The largest absolute Gasteiger partial charge is 0.495 e. The molecule has 6 nitrogen and oxygen atoms in total. The Hall–Kier alpha value is -2.73. The number of benzene rings is 2. The zero-order valence-electron chi connectivity index (χ0n) is 15.1. The van der Waals surface area contributed by atoms with E-state index in [1.807, 2.05) is 17.0 Å². The highest BCUT2D eigenvalue weighted by molar-refractivity contribution is 6.32. The lowest BCUT2D eigenvalue weighted by atomic mass is 10.1. The number of halogens is 1. The number of carbonyl (C=O) groups is 2. The van der Waals surface area contributed by atoms with Crippen LogP contribution >= 0.6 is 11.6 Å². The van der Waals surface area contributed by atoms with Gasteiger partial charge in [0.15, 0.2) is 0 Å². The molecular formula is C20H22ClN3O3. The second-order valence-corrected chi connectivity index (χ2v) is 6.74. The van der Waals surface area contributed by atoms with Crippen LogP contribution < -0.4 is 15.4 Å². The van der Waals surface area contributed by atoms with E-state index in [9.17, 15) is 9.59 Å². The molecule has 2 aromatic carbocycles. The fourth-order valence-corrected chi connectivity index (χ4v) is 3.25. The molecule has 0 bridgehead atoms. The Bertz CT molecular complexity index is 835. The van der Waals surface area contributed by atoms with Gasteiger partial charge in [-0.15, -0.1) is 0 Å². The molecule has 1 fully saturated rings. The van der Waals surface area contributed by atoms with Gasteiger partial charge in [0.25, 0.3) is 5.91 Å². The maximum atomic E-state index is 12.5. The predicted molar refractivity (Wildman–Crippen MR) is 107 cm³/mol. The first-order valence-electron chi connectivity index (χ1n) is 8.83. The normalized spacial score (nSPS) is 13.3. The van der Waals surface area contributed by atoms with Gasteiger partial charge in [0.2, 0.25) is 5.91 Å². The van der Waals surface area contributed by atoms with Crippen molar-refractivity contribution in [1.82, 2.24) is 4.90 Å². The summed E-state index contributed by atoms with van der Waals surface area (Å²) in [6.07, 6.45) is 2.11. The average Bonchev–Trinajstić information content (AvgIpc) is 3.21. The number of hydrogen-bond donors (Lipinski definition) is 2. The van der Waals surface area contributed by atoms with Gasteiger partial charge in [-0.05, 0) is 49.2 Å². The highest BCUT2D eigenvalue weighted by atomic mass is 35.5. The Balaban J connectivity index is 1.56. The second-order valence-electron chi connectivity index (χ2n) is 6.33. The molecule has 0 spiro atoms. The SMILES string of the molecule is COc1ccc(NC(=O)CNc2cccc(C(=O)N3CCCC3)c2)cc1Cl. The van der Waals surface area contributed by atoms with Crippen LogP contribution in [0, 0.1) is 0 Å². The molecular weight excluding hydrogens is 366 g/mol. The van der Waals surface area contributed by atoms with Gasteiger partial charge in [0.05, 0.1) is 18.7 Å². The maximum absolute atomic E-state index is 12.5. The lowest BCUT2D eigenvalue weighted by Crippen LogP contribution is -2.27. The van der Waals surface area contributed by atoms with Crippen LogP contribution in [0.3, 0.4) is 0 Å². The summed E-state index contributed by atoms with van der Waals surface area (Å²) >= 11 is 6.06. The zero-order chi connectivity index (χ0) is 19.2. The van der Waals surface area contributed by atoms with E-state index in [1.54, 1.807) is 30.3 Å². The maximum Gasteiger partial charge on any atom is 0.253 e. The van der Waals surface area contributed by atoms with Gasteiger partial charge in [-0.1, -0.05) is 17.7 Å². The topological polar surface area (TPSA) is 70.7 Å². The van der Waals surface area contributed by atoms with Gasteiger partial charge < -0.3 is 20.3 Å². The van der Waals surface area contributed by atoms with Crippen molar-refractivity contribution in [2.75, 3.05) is 37.4 Å². The fraction of sp³-hybridized carbons (Fsp3) is 0.300. The highest BCUT2D eigenvalue weighted by Gasteiger charge is 2.19. The van der Waals surface area contributed by atoms with Crippen LogP contribution in [-0.2, 0) is 4.79 Å². The van der Waals surface area contributed by atoms with Crippen LogP contribution in [0.2, 0.25) is 5.02 Å². The Morgan fingerprint density at radius 2 is 1.89 bits per heavy atom. The van der Waals surface area contributed by atoms with E-state index in [-0.39, 0.29) is 18.4 Å². The monoisotopic (exact) mass is 387 g/mol. The van der Waals surface area contributed by atoms with Crippen LogP contribution in [-0.4, -0.2) is 43.5 Å². The summed E-state index contributed by atoms with van der Waals surface area (Å²) < 4.78 is 5.09. The average molecular weight is 388 g/mol. The Morgan fingerprint density at radius 1 is 1.11 bits per heavy atom. The Kier molecular flexibility index (Phi) is 6.19. The van der Waals surface area contributed by atoms with E-state index in [4.69, 9.17) is 16.3 Å². The number of carbonyl (C=O) groups excluding carboxylic acids is 2. The minimum atomic E-state index is -0.215. The van der Waals surface area contributed by atoms with Crippen LogP contribution in [0.25, 0.3) is 0 Å². The molecule has 0 atom stereocenters. The van der Waals surface area contributed by atoms with Crippen molar-refractivity contribution in [3.05, 3.63) is 53.1 Å². The summed E-state index contributed by atoms with van der Waals surface area (Å²) in [5, 5.41) is 6.24. The molecule has 1 aliphatic rings. The molecule has 7 heteroatoms. The number of amides is 2. The van der Waals surface area contributed by atoms with Crippen molar-refractivity contribution < 1.29 is 14.3 Å². The number of ether oxygens (including phenoxy) is 1. The Labute approximate surface area is 163 Å². The number of likely N-dealkylation sites (tertiary alicyclic amines) is 1. The standard InChI is InChI=1S/C20H22ClN3O3/c1-27-18-8-7-16(12-17(18)21)23-19(25)13-22-15-6-4-5-14(11-15)20(26)24-9-2-3-10-24/h4-8,11-12,22H,2-3,9-10,13H2,1H3,(H,23,25). The van der Waals surface area contributed by atoms with Gasteiger partial charge >= 0.3 is 0 Å². The van der Waals surface area contributed by atoms with Crippen LogP contribution in [0.15, 0.2) is 42.5 Å². The van der Waals surface area contributed by atoms with E-state index in [1.165, 1.54) is 7.11 Å². The van der Waals surface area contributed by atoms with E-state index in [2.05, 4.69) is 10.6 Å². The predicted octanol–water partition coefficient (Wildman–Crippen LogP) is 3.64. The lowest BCUT2D eigenvalue weighted by molar-refractivity contribution is -0.114. The van der Waals surface area contributed by atoms with Crippen LogP contribution in [0.4, 0.5) is 11.4 Å². The summed E-state index contributed by atoms with van der Waals surface area (Å²) in [7, 11) is 1.53. The molecule has 0 aliphatic carbocycles. The van der Waals surface area contributed by atoms with Crippen molar-refractivity contribution in [2.45, 2.75) is 12.8 Å². The van der Waals surface area contributed by atoms with E-state index in [0.717, 1.165) is 31.6 Å². The minimum Gasteiger partial charge on any atom is -0.495 e. The number of rotatable bonds is 6. The van der Waals surface area contributed by atoms with Crippen molar-refractivity contribution in [3.8, 4) is 5.75 Å². The number of nitrogens with zero attached hydrogens (tertiary/aromatic N) is 1. The summed E-state index contributed by atoms with van der Waals surface area (Å²) in [6.45, 7) is 1.69. The number of methoxy groups -OCH3 is 1. The molecule has 1 heterocycles. The summed E-state index contributed by atoms with van der Waals surface area (Å²) in [5.41, 5.74) is 1.94. The lowest BCUT2D eigenvalue weighted by Gasteiger charge is -2.16. The first-order chi connectivity index (χ1) is 13.1. The zero-order valence-corrected chi connectivity index (χ0v) is 15.9. The molecule has 1 aliphatic heterocycles. The third-order valence-corrected chi connectivity index (χ3v) is 4.69. The molecule has 2 amide bonds. The smallest absolute Gasteiger partial charge is 0.253 e. The molecule has 142 valence electrons. The van der Waals surface area contributed by atoms with Crippen molar-refractivity contribution in [3.63, 3.8) is 0 Å². The first kappa shape index (κ1) is 19.0. The third kappa shape index (κ3) is 4.92. The fourth-order valence-electron chi connectivity index (χ4n) is 3.00. The van der Waals surface area contributed by atoms with Gasteiger partial charge in [0, 0.05) is 30.0 Å². The molecule has 0 unspecified atom stereocenters. The van der Waals surface area contributed by atoms with E-state index in [0.29, 0.717) is 22.0 Å². The third-order valence-electron chi connectivity index (χ3n) is 4.39. The van der Waals surface area contributed by atoms with Gasteiger partial charge in [-0.25, -0.2) is 0 Å². The van der Waals surface area contributed by atoms with Gasteiger partial charge in [0.1, 0.15) is 5.75 Å². The number of anilines is 2.